The van der Waals surface area contributed by atoms with Gasteiger partial charge in [0.15, 0.2) is 0 Å². The summed E-state index contributed by atoms with van der Waals surface area (Å²) in [4.78, 5) is 13.7. The molecule has 1 aromatic rings. The summed E-state index contributed by atoms with van der Waals surface area (Å²) in [6.45, 7) is 4.42. The second kappa shape index (κ2) is 6.74. The minimum atomic E-state index is -3.39. The van der Waals surface area contributed by atoms with Crippen LogP contribution in [0.3, 0.4) is 0 Å². The second-order valence-electron chi connectivity index (χ2n) is 5.95. The van der Waals surface area contributed by atoms with Gasteiger partial charge in [0.2, 0.25) is 10.0 Å². The molecule has 0 spiro atoms. The van der Waals surface area contributed by atoms with Crippen molar-refractivity contribution in [1.82, 2.24) is 9.21 Å². The number of amides is 1. The van der Waals surface area contributed by atoms with E-state index >= 15 is 0 Å². The van der Waals surface area contributed by atoms with Crippen LogP contribution in [0.2, 0.25) is 5.02 Å². The third-order valence-corrected chi connectivity index (χ3v) is 6.32. The number of sulfonamides is 1. The predicted octanol–water partition coefficient (Wildman–Crippen LogP) is 1.90. The van der Waals surface area contributed by atoms with Gasteiger partial charge in [-0.1, -0.05) is 29.8 Å². The minimum Gasteiger partial charge on any atom is -0.442 e. The average Bonchev–Trinajstić information content (AvgIpc) is 3.03. The maximum Gasteiger partial charge on any atom is 0.410 e. The van der Waals surface area contributed by atoms with E-state index in [1.807, 2.05) is 18.2 Å². The van der Waals surface area contributed by atoms with Crippen LogP contribution in [-0.2, 0) is 21.2 Å². The molecule has 0 saturated carbocycles. The summed E-state index contributed by atoms with van der Waals surface area (Å²) in [5.74, 6) is -0.108. The summed E-state index contributed by atoms with van der Waals surface area (Å²) in [6, 6.07) is 7.22. The third-order valence-electron chi connectivity index (χ3n) is 4.34. The lowest BCUT2D eigenvalue weighted by atomic mass is 10.1. The van der Waals surface area contributed by atoms with E-state index in [1.165, 1.54) is 10.4 Å². The molecular weight excluding hydrogens is 352 g/mol. The van der Waals surface area contributed by atoms with Crippen LogP contribution >= 0.6 is 11.6 Å². The summed E-state index contributed by atoms with van der Waals surface area (Å²) in [7, 11) is -3.39. The van der Waals surface area contributed by atoms with E-state index in [9.17, 15) is 13.2 Å². The van der Waals surface area contributed by atoms with Gasteiger partial charge >= 0.3 is 6.09 Å². The van der Waals surface area contributed by atoms with Crippen LogP contribution in [0.5, 0.6) is 0 Å². The first-order valence-electron chi connectivity index (χ1n) is 7.71. The van der Waals surface area contributed by atoms with Crippen LogP contribution in [0.15, 0.2) is 36.9 Å². The van der Waals surface area contributed by atoms with Gasteiger partial charge in [-0.15, -0.1) is 6.58 Å². The number of ether oxygens (including phenoxy) is 1. The van der Waals surface area contributed by atoms with Gasteiger partial charge in [0.25, 0.3) is 0 Å². The number of rotatable bonds is 6. The van der Waals surface area contributed by atoms with Crippen molar-refractivity contribution in [2.75, 3.05) is 25.4 Å². The van der Waals surface area contributed by atoms with E-state index < -0.39 is 16.1 Å². The molecule has 2 aliphatic rings. The Balaban J connectivity index is 1.67. The Hall–Kier alpha value is -1.57. The fourth-order valence-corrected chi connectivity index (χ4v) is 4.63. The molecule has 0 bridgehead atoms. The lowest BCUT2D eigenvalue weighted by Gasteiger charge is -2.22. The predicted molar refractivity (Wildman–Crippen MR) is 91.5 cm³/mol. The highest BCUT2D eigenvalue weighted by Gasteiger charge is 2.49. The summed E-state index contributed by atoms with van der Waals surface area (Å²) in [5, 5.41) is 0.650. The number of fused-ring (bicyclic) bond motifs is 1. The van der Waals surface area contributed by atoms with Crippen molar-refractivity contribution in [1.29, 1.82) is 0 Å². The van der Waals surface area contributed by atoms with Crippen LogP contribution < -0.4 is 0 Å². The lowest BCUT2D eigenvalue weighted by molar-refractivity contribution is 0.129. The number of hydrogen-bond acceptors (Lipinski definition) is 4. The zero-order valence-electron chi connectivity index (χ0n) is 13.1. The molecule has 8 heteroatoms. The van der Waals surface area contributed by atoms with Gasteiger partial charge in [0.1, 0.15) is 6.10 Å². The molecule has 3 rings (SSSR count). The van der Waals surface area contributed by atoms with Crippen molar-refractivity contribution in [3.8, 4) is 0 Å². The number of carbonyl (C=O) groups is 1. The molecule has 2 fully saturated rings. The molecule has 0 N–H and O–H groups in total. The summed E-state index contributed by atoms with van der Waals surface area (Å²) < 4.78 is 31.0. The number of benzene rings is 1. The number of halogens is 1. The number of nitrogens with zero attached hydrogens (tertiary/aromatic N) is 2. The second-order valence-corrected chi connectivity index (χ2v) is 8.40. The Morgan fingerprint density at radius 1 is 1.38 bits per heavy atom. The highest BCUT2D eigenvalue weighted by Crippen LogP contribution is 2.29. The van der Waals surface area contributed by atoms with Crippen LogP contribution in [0.4, 0.5) is 4.79 Å². The SMILES string of the molecule is C=CCS(=O)(=O)N1C[C@H]2OC(=O)N(CCc3cccc(Cl)c3)[C@H]2C1. The molecule has 24 heavy (non-hydrogen) atoms. The first kappa shape index (κ1) is 17.3. The largest absolute Gasteiger partial charge is 0.442 e. The summed E-state index contributed by atoms with van der Waals surface area (Å²) in [5.41, 5.74) is 1.02. The Bertz CT molecular complexity index is 752. The van der Waals surface area contributed by atoms with E-state index in [-0.39, 0.29) is 31.0 Å². The molecule has 2 aliphatic heterocycles. The van der Waals surface area contributed by atoms with Gasteiger partial charge < -0.3 is 4.74 Å². The maximum absolute atomic E-state index is 12.1. The van der Waals surface area contributed by atoms with E-state index in [1.54, 1.807) is 11.0 Å². The zero-order chi connectivity index (χ0) is 17.3. The molecular formula is C16H19ClN2O4S. The number of hydrogen-bond donors (Lipinski definition) is 0. The van der Waals surface area contributed by atoms with E-state index in [0.717, 1.165) is 5.56 Å². The van der Waals surface area contributed by atoms with Gasteiger partial charge in [0.05, 0.1) is 18.3 Å². The van der Waals surface area contributed by atoms with Crippen molar-refractivity contribution in [2.45, 2.75) is 18.6 Å². The molecule has 0 aliphatic carbocycles. The van der Waals surface area contributed by atoms with Crippen molar-refractivity contribution in [2.24, 2.45) is 0 Å². The fraction of sp³-hybridized carbons (Fsp3) is 0.438. The minimum absolute atomic E-state index is 0.108. The normalized spacial score (nSPS) is 24.0. The molecule has 2 atom stereocenters. The van der Waals surface area contributed by atoms with E-state index in [0.29, 0.717) is 18.0 Å². The third kappa shape index (κ3) is 3.43. The molecule has 130 valence electrons. The Morgan fingerprint density at radius 2 is 2.17 bits per heavy atom. The van der Waals surface area contributed by atoms with Crippen LogP contribution in [0.25, 0.3) is 0 Å². The first-order valence-corrected chi connectivity index (χ1v) is 9.70. The van der Waals surface area contributed by atoms with Crippen molar-refractivity contribution >= 4 is 27.7 Å². The van der Waals surface area contributed by atoms with Crippen molar-refractivity contribution in [3.05, 3.63) is 47.5 Å². The molecule has 2 heterocycles. The monoisotopic (exact) mass is 370 g/mol. The Morgan fingerprint density at radius 3 is 2.88 bits per heavy atom. The van der Waals surface area contributed by atoms with Gasteiger partial charge in [-0.3, -0.25) is 4.90 Å². The highest BCUT2D eigenvalue weighted by molar-refractivity contribution is 7.89. The standard InChI is InChI=1S/C16H19ClN2O4S/c1-2-8-24(21,22)18-10-14-15(11-18)23-16(20)19(14)7-6-12-4-3-5-13(17)9-12/h2-5,9,14-15H,1,6-8,10-11H2/t14-,15+/m0/s1. The van der Waals surface area contributed by atoms with Crippen molar-refractivity contribution in [3.63, 3.8) is 0 Å². The van der Waals surface area contributed by atoms with E-state index in [4.69, 9.17) is 16.3 Å². The first-order chi connectivity index (χ1) is 11.4. The molecule has 2 saturated heterocycles. The average molecular weight is 371 g/mol. The topological polar surface area (TPSA) is 66.9 Å². The van der Waals surface area contributed by atoms with Crippen molar-refractivity contribution < 1.29 is 17.9 Å². The molecule has 0 aromatic heterocycles. The van der Waals surface area contributed by atoms with Gasteiger partial charge in [-0.2, -0.15) is 4.31 Å². The van der Waals surface area contributed by atoms with Crippen LogP contribution in [0, 0.1) is 0 Å². The van der Waals surface area contributed by atoms with E-state index in [2.05, 4.69) is 6.58 Å². The molecule has 1 amide bonds. The van der Waals surface area contributed by atoms with Crippen LogP contribution in [-0.4, -0.2) is 61.2 Å². The molecule has 6 nitrogen and oxygen atoms in total. The van der Waals surface area contributed by atoms with Gasteiger partial charge in [-0.05, 0) is 24.1 Å². The highest BCUT2D eigenvalue weighted by atomic mass is 35.5. The fourth-order valence-electron chi connectivity index (χ4n) is 3.15. The summed E-state index contributed by atoms with van der Waals surface area (Å²) in [6.07, 6.45) is 1.22. The zero-order valence-corrected chi connectivity index (χ0v) is 14.7. The van der Waals surface area contributed by atoms with Gasteiger partial charge in [-0.25, -0.2) is 13.2 Å². The molecule has 0 radical (unpaired) electrons. The van der Waals surface area contributed by atoms with Crippen LogP contribution in [0.1, 0.15) is 5.56 Å². The quantitative estimate of drug-likeness (QED) is 0.717. The number of carbonyl (C=O) groups excluding carboxylic acids is 1. The van der Waals surface area contributed by atoms with Gasteiger partial charge in [0, 0.05) is 18.1 Å². The summed E-state index contributed by atoms with van der Waals surface area (Å²) >= 11 is 5.97. The lowest BCUT2D eigenvalue weighted by Crippen LogP contribution is -2.40. The molecule has 0 unspecified atom stereocenters. The maximum atomic E-state index is 12.1. The Kier molecular flexibility index (Phi) is 4.85. The Labute approximate surface area is 146 Å². The smallest absolute Gasteiger partial charge is 0.410 e. The molecule has 1 aromatic carbocycles.